The molecule has 0 aliphatic heterocycles. The van der Waals surface area contributed by atoms with Gasteiger partial charge in [0.05, 0.1) is 10.9 Å². The Morgan fingerprint density at radius 2 is 1.82 bits per heavy atom. The van der Waals surface area contributed by atoms with E-state index in [-0.39, 0.29) is 0 Å². The molecule has 2 N–H and O–H groups in total. The highest BCUT2D eigenvalue weighted by atomic mass is 16.5. The van der Waals surface area contributed by atoms with Crippen LogP contribution in [0.1, 0.15) is 20.8 Å². The second-order valence-corrected chi connectivity index (χ2v) is 4.80. The summed E-state index contributed by atoms with van der Waals surface area (Å²) in [5.74, 6) is 0.498. The van der Waals surface area contributed by atoms with Gasteiger partial charge in [0.2, 0.25) is 0 Å². The normalized spacial score (nSPS) is 11.7. The number of fused-ring (bicyclic) bond motifs is 1. The number of hydrogen-bond acceptors (Lipinski definition) is 3. The van der Waals surface area contributed by atoms with Gasteiger partial charge < -0.3 is 9.72 Å². The zero-order valence-corrected chi connectivity index (χ0v) is 9.96. The summed E-state index contributed by atoms with van der Waals surface area (Å²) in [7, 11) is 0. The van der Waals surface area contributed by atoms with Gasteiger partial charge in [0, 0.05) is 0 Å². The van der Waals surface area contributed by atoms with Crippen LogP contribution in [-0.4, -0.2) is 15.6 Å². The molecule has 2 aromatic rings. The van der Waals surface area contributed by atoms with Gasteiger partial charge in [-0.15, -0.1) is 0 Å². The fourth-order valence-corrected chi connectivity index (χ4v) is 1.58. The Morgan fingerprint density at radius 3 is 2.47 bits per heavy atom. The number of rotatable bonds is 1. The fourth-order valence-electron chi connectivity index (χ4n) is 1.58. The van der Waals surface area contributed by atoms with E-state index in [1.54, 1.807) is 18.2 Å². The molecule has 0 fully saturated rings. The fraction of sp³-hybridized carbons (Fsp3) is 0.333. The van der Waals surface area contributed by atoms with Crippen molar-refractivity contribution in [3.63, 3.8) is 0 Å². The molecule has 1 heterocycles. The van der Waals surface area contributed by atoms with Gasteiger partial charge in [0.15, 0.2) is 0 Å². The maximum atomic E-state index is 11.6. The molecule has 0 saturated heterocycles. The minimum atomic E-state index is -0.535. The van der Waals surface area contributed by atoms with E-state index in [0.717, 1.165) is 0 Å². The first-order valence-electron chi connectivity index (χ1n) is 5.31. The molecule has 5 nitrogen and oxygen atoms in total. The van der Waals surface area contributed by atoms with E-state index in [9.17, 15) is 9.59 Å². The number of ether oxygens (including phenoxy) is 1. The molecule has 90 valence electrons. The lowest BCUT2D eigenvalue weighted by Gasteiger charge is -2.21. The first kappa shape index (κ1) is 11.4. The third-order valence-electron chi connectivity index (χ3n) is 2.15. The number of aromatic amines is 2. The first-order valence-corrected chi connectivity index (χ1v) is 5.31. The van der Waals surface area contributed by atoms with Crippen LogP contribution in [0.2, 0.25) is 0 Å². The first-order chi connectivity index (χ1) is 7.87. The average Bonchev–Trinajstić information content (AvgIpc) is 2.17. The highest BCUT2D eigenvalue weighted by Gasteiger charge is 2.15. The second kappa shape index (κ2) is 3.76. The lowest BCUT2D eigenvalue weighted by molar-refractivity contribution is 0.133. The third kappa shape index (κ3) is 2.38. The molecule has 0 bridgehead atoms. The summed E-state index contributed by atoms with van der Waals surface area (Å²) in [4.78, 5) is 27.6. The summed E-state index contributed by atoms with van der Waals surface area (Å²) in [6.07, 6.45) is 0. The van der Waals surface area contributed by atoms with Crippen LogP contribution in [0, 0.1) is 0 Å². The number of hydrogen-bond donors (Lipinski definition) is 2. The van der Waals surface area contributed by atoms with Crippen LogP contribution in [0.25, 0.3) is 10.9 Å². The number of aromatic nitrogens is 2. The van der Waals surface area contributed by atoms with Gasteiger partial charge in [-0.25, -0.2) is 4.79 Å². The number of nitrogens with one attached hydrogen (secondary N) is 2. The van der Waals surface area contributed by atoms with Gasteiger partial charge >= 0.3 is 5.69 Å². The van der Waals surface area contributed by atoms with Crippen molar-refractivity contribution in [2.45, 2.75) is 26.4 Å². The van der Waals surface area contributed by atoms with Gasteiger partial charge in [0.1, 0.15) is 11.4 Å². The third-order valence-corrected chi connectivity index (χ3v) is 2.15. The number of H-pyrrole nitrogens is 2. The van der Waals surface area contributed by atoms with Crippen LogP contribution in [0.5, 0.6) is 5.75 Å². The molecule has 0 atom stereocenters. The lowest BCUT2D eigenvalue weighted by Crippen LogP contribution is -2.25. The maximum Gasteiger partial charge on any atom is 0.326 e. The van der Waals surface area contributed by atoms with E-state index in [1.807, 2.05) is 20.8 Å². The van der Waals surface area contributed by atoms with Gasteiger partial charge in [-0.2, -0.15) is 0 Å². The average molecular weight is 234 g/mol. The Labute approximate surface area is 97.4 Å². The van der Waals surface area contributed by atoms with Crippen molar-refractivity contribution in [3.8, 4) is 5.75 Å². The van der Waals surface area contributed by atoms with Crippen molar-refractivity contribution in [2.24, 2.45) is 0 Å². The van der Waals surface area contributed by atoms with Crippen LogP contribution in [-0.2, 0) is 0 Å². The van der Waals surface area contributed by atoms with Crippen LogP contribution >= 0.6 is 0 Å². The lowest BCUT2D eigenvalue weighted by atomic mass is 10.1. The van der Waals surface area contributed by atoms with E-state index in [1.165, 1.54) is 0 Å². The quantitative estimate of drug-likeness (QED) is 0.783. The van der Waals surface area contributed by atoms with Crippen molar-refractivity contribution in [1.82, 2.24) is 9.97 Å². The minimum Gasteiger partial charge on any atom is -0.486 e. The van der Waals surface area contributed by atoms with Gasteiger partial charge in [-0.3, -0.25) is 9.78 Å². The minimum absolute atomic E-state index is 0.395. The van der Waals surface area contributed by atoms with E-state index in [2.05, 4.69) is 9.97 Å². The largest absolute Gasteiger partial charge is 0.486 e. The smallest absolute Gasteiger partial charge is 0.326 e. The number of para-hydroxylation sites is 1. The molecule has 0 aliphatic carbocycles. The summed E-state index contributed by atoms with van der Waals surface area (Å²) in [6.45, 7) is 5.70. The molecule has 0 unspecified atom stereocenters. The monoisotopic (exact) mass is 234 g/mol. The van der Waals surface area contributed by atoms with Crippen molar-refractivity contribution < 1.29 is 4.74 Å². The van der Waals surface area contributed by atoms with Gasteiger partial charge in [-0.1, -0.05) is 6.07 Å². The topological polar surface area (TPSA) is 75.0 Å². The molecule has 17 heavy (non-hydrogen) atoms. The maximum absolute atomic E-state index is 11.6. The van der Waals surface area contributed by atoms with E-state index in [0.29, 0.717) is 16.7 Å². The van der Waals surface area contributed by atoms with Crippen molar-refractivity contribution >= 4 is 10.9 Å². The van der Waals surface area contributed by atoms with E-state index in [4.69, 9.17) is 4.74 Å². The highest BCUT2D eigenvalue weighted by Crippen LogP contribution is 2.24. The second-order valence-electron chi connectivity index (χ2n) is 4.80. The van der Waals surface area contributed by atoms with Crippen LogP contribution in [0.3, 0.4) is 0 Å². The SMILES string of the molecule is CC(C)(C)Oc1cccc2c(=O)[nH]c(=O)[nH]c12. The molecule has 0 radical (unpaired) electrons. The molecular weight excluding hydrogens is 220 g/mol. The van der Waals surface area contributed by atoms with Crippen LogP contribution in [0.4, 0.5) is 0 Å². The molecular formula is C12H14N2O3. The molecule has 2 rings (SSSR count). The Kier molecular flexibility index (Phi) is 2.53. The van der Waals surface area contributed by atoms with Crippen LogP contribution in [0.15, 0.2) is 27.8 Å². The molecule has 0 saturated carbocycles. The standard InChI is InChI=1S/C12H14N2O3/c1-12(2,3)17-8-6-4-5-7-9(8)13-11(16)14-10(7)15/h4-6H,1-3H3,(H2,13,14,15,16). The summed E-state index contributed by atoms with van der Waals surface area (Å²) in [5.41, 5.74) is -0.917. The van der Waals surface area contributed by atoms with Gasteiger partial charge in [0.25, 0.3) is 5.56 Å². The molecule has 0 amide bonds. The Balaban J connectivity index is 2.73. The van der Waals surface area contributed by atoms with E-state index < -0.39 is 16.9 Å². The predicted molar refractivity (Wildman–Crippen MR) is 65.6 cm³/mol. The van der Waals surface area contributed by atoms with Crippen molar-refractivity contribution in [1.29, 1.82) is 0 Å². The highest BCUT2D eigenvalue weighted by molar-refractivity contribution is 5.83. The molecule has 0 aliphatic rings. The van der Waals surface area contributed by atoms with Crippen LogP contribution < -0.4 is 16.0 Å². The number of benzene rings is 1. The summed E-state index contributed by atoms with van der Waals surface area (Å²) >= 11 is 0. The summed E-state index contributed by atoms with van der Waals surface area (Å²) in [6, 6.07) is 5.08. The predicted octanol–water partition coefficient (Wildman–Crippen LogP) is 1.39. The van der Waals surface area contributed by atoms with Crippen molar-refractivity contribution in [3.05, 3.63) is 39.0 Å². The van der Waals surface area contributed by atoms with E-state index >= 15 is 0 Å². The molecule has 5 heteroatoms. The Hall–Kier alpha value is -2.04. The Morgan fingerprint density at radius 1 is 1.12 bits per heavy atom. The Bertz CT molecular complexity index is 662. The molecule has 1 aromatic carbocycles. The molecule has 0 spiro atoms. The zero-order chi connectivity index (χ0) is 12.6. The van der Waals surface area contributed by atoms with Gasteiger partial charge in [-0.05, 0) is 32.9 Å². The van der Waals surface area contributed by atoms with Crippen molar-refractivity contribution in [2.75, 3.05) is 0 Å². The summed E-state index contributed by atoms with van der Waals surface area (Å²) in [5, 5.41) is 0.409. The zero-order valence-electron chi connectivity index (χ0n) is 9.96. The summed E-state index contributed by atoms with van der Waals surface area (Å²) < 4.78 is 5.70. The molecule has 1 aromatic heterocycles.